The summed E-state index contributed by atoms with van der Waals surface area (Å²) < 4.78 is 6.82. The maximum absolute atomic E-state index is 11.9. The van der Waals surface area contributed by atoms with Crippen molar-refractivity contribution < 1.29 is 9.53 Å². The Morgan fingerprint density at radius 3 is 2.67 bits per heavy atom. The molecule has 0 aliphatic heterocycles. The predicted molar refractivity (Wildman–Crippen MR) is 109 cm³/mol. The van der Waals surface area contributed by atoms with Crippen molar-refractivity contribution in [3.05, 3.63) is 58.6 Å². The maximum atomic E-state index is 11.9. The van der Waals surface area contributed by atoms with Crippen LogP contribution in [0.2, 0.25) is 5.02 Å². The number of carbonyl (C=O) groups is 1. The monoisotopic (exact) mass is 401 g/mol. The minimum absolute atomic E-state index is 0.306. The number of aryl methyl sites for hydroxylation is 2. The van der Waals surface area contributed by atoms with Crippen LogP contribution < -0.4 is 0 Å². The van der Waals surface area contributed by atoms with Crippen LogP contribution in [0, 0.1) is 13.8 Å². The number of benzene rings is 2. The van der Waals surface area contributed by atoms with E-state index < -0.39 is 5.25 Å². The first kappa shape index (κ1) is 19.5. The zero-order chi connectivity index (χ0) is 19.6. The molecule has 0 saturated heterocycles. The molecule has 0 radical (unpaired) electrons. The third-order valence-electron chi connectivity index (χ3n) is 4.14. The number of rotatable bonds is 5. The Morgan fingerprint density at radius 2 is 1.96 bits per heavy atom. The van der Waals surface area contributed by atoms with Gasteiger partial charge >= 0.3 is 5.97 Å². The van der Waals surface area contributed by atoms with Crippen LogP contribution in [-0.2, 0) is 9.53 Å². The average Bonchev–Trinajstić information content (AvgIpc) is 3.06. The minimum atomic E-state index is -0.407. The molecular formula is C20H20ClN3O2S. The van der Waals surface area contributed by atoms with Crippen LogP contribution in [-0.4, -0.2) is 33.1 Å². The van der Waals surface area contributed by atoms with Crippen molar-refractivity contribution in [2.75, 3.05) is 7.11 Å². The molecule has 1 aromatic heterocycles. The molecule has 1 heterocycles. The third-order valence-corrected chi connectivity index (χ3v) is 5.39. The van der Waals surface area contributed by atoms with E-state index >= 15 is 0 Å². The molecule has 1 atom stereocenters. The Kier molecular flexibility index (Phi) is 5.87. The fraction of sp³-hybridized carbons (Fsp3) is 0.250. The first-order valence-electron chi connectivity index (χ1n) is 8.44. The number of halogens is 1. The van der Waals surface area contributed by atoms with E-state index in [0.29, 0.717) is 16.0 Å². The van der Waals surface area contributed by atoms with Crippen molar-refractivity contribution in [2.24, 2.45) is 0 Å². The van der Waals surface area contributed by atoms with Gasteiger partial charge in [0.05, 0.1) is 12.8 Å². The molecule has 3 rings (SSSR count). The fourth-order valence-corrected chi connectivity index (χ4v) is 3.79. The van der Waals surface area contributed by atoms with Crippen LogP contribution >= 0.6 is 23.4 Å². The van der Waals surface area contributed by atoms with E-state index in [0.717, 1.165) is 22.4 Å². The number of hydrogen-bond acceptors (Lipinski definition) is 5. The Morgan fingerprint density at radius 1 is 1.19 bits per heavy atom. The zero-order valence-electron chi connectivity index (χ0n) is 15.6. The molecule has 2 aromatic carbocycles. The number of nitrogens with zero attached hydrogens (tertiary/aromatic N) is 3. The van der Waals surface area contributed by atoms with E-state index in [1.165, 1.54) is 18.9 Å². The van der Waals surface area contributed by atoms with E-state index in [4.69, 9.17) is 16.3 Å². The van der Waals surface area contributed by atoms with Gasteiger partial charge in [0.2, 0.25) is 0 Å². The minimum Gasteiger partial charge on any atom is -0.468 e. The molecule has 0 unspecified atom stereocenters. The highest BCUT2D eigenvalue weighted by Crippen LogP contribution is 2.32. The maximum Gasteiger partial charge on any atom is 0.318 e. The standard InChI is InChI=1S/C20H20ClN3O2S/c1-12-8-9-13(2)17(10-12)24-18(15-6-5-7-16(21)11-15)22-23-20(24)27-14(3)19(25)26-4/h5-11,14H,1-4H3/t14-/m0/s1. The van der Waals surface area contributed by atoms with Crippen LogP contribution in [0.5, 0.6) is 0 Å². The summed E-state index contributed by atoms with van der Waals surface area (Å²) in [6.07, 6.45) is 0. The molecule has 3 aromatic rings. The molecule has 0 saturated carbocycles. The van der Waals surface area contributed by atoms with Crippen LogP contribution in [0.1, 0.15) is 18.1 Å². The molecule has 0 amide bonds. The number of esters is 1. The second kappa shape index (κ2) is 8.15. The Labute approximate surface area is 167 Å². The lowest BCUT2D eigenvalue weighted by Crippen LogP contribution is -2.15. The van der Waals surface area contributed by atoms with Crippen LogP contribution in [0.3, 0.4) is 0 Å². The average molecular weight is 402 g/mol. The molecule has 0 aliphatic rings. The largest absolute Gasteiger partial charge is 0.468 e. The van der Waals surface area contributed by atoms with Gasteiger partial charge in [-0.3, -0.25) is 9.36 Å². The van der Waals surface area contributed by atoms with Gasteiger partial charge in [-0.25, -0.2) is 0 Å². The van der Waals surface area contributed by atoms with E-state index in [-0.39, 0.29) is 5.97 Å². The summed E-state index contributed by atoms with van der Waals surface area (Å²) in [7, 11) is 1.38. The molecule has 5 nitrogen and oxygen atoms in total. The summed E-state index contributed by atoms with van der Waals surface area (Å²) in [5.41, 5.74) is 4.03. The number of hydrogen-bond donors (Lipinski definition) is 0. The molecular weight excluding hydrogens is 382 g/mol. The van der Waals surface area contributed by atoms with E-state index in [9.17, 15) is 4.79 Å². The second-order valence-electron chi connectivity index (χ2n) is 6.23. The molecule has 140 valence electrons. The van der Waals surface area contributed by atoms with Crippen LogP contribution in [0.25, 0.3) is 17.1 Å². The van der Waals surface area contributed by atoms with Gasteiger partial charge in [0.25, 0.3) is 0 Å². The van der Waals surface area contributed by atoms with Crippen molar-refractivity contribution in [3.63, 3.8) is 0 Å². The van der Waals surface area contributed by atoms with Crippen molar-refractivity contribution in [2.45, 2.75) is 31.2 Å². The summed E-state index contributed by atoms with van der Waals surface area (Å²) >= 11 is 7.49. The van der Waals surface area contributed by atoms with Crippen molar-refractivity contribution >= 4 is 29.3 Å². The Bertz CT molecular complexity index is 987. The van der Waals surface area contributed by atoms with Crippen molar-refractivity contribution in [1.29, 1.82) is 0 Å². The molecule has 27 heavy (non-hydrogen) atoms. The van der Waals surface area contributed by atoms with Gasteiger partial charge in [0, 0.05) is 10.6 Å². The highest BCUT2D eigenvalue weighted by molar-refractivity contribution is 8.00. The summed E-state index contributed by atoms with van der Waals surface area (Å²) in [5.74, 6) is 0.366. The normalized spacial score (nSPS) is 12.0. The van der Waals surface area contributed by atoms with Gasteiger partial charge in [-0.05, 0) is 50.1 Å². The first-order valence-corrected chi connectivity index (χ1v) is 9.70. The predicted octanol–water partition coefficient (Wildman–Crippen LogP) is 4.86. The first-order chi connectivity index (χ1) is 12.9. The van der Waals surface area contributed by atoms with Gasteiger partial charge in [-0.1, -0.05) is 47.6 Å². The summed E-state index contributed by atoms with van der Waals surface area (Å²) in [5, 5.41) is 9.59. The highest BCUT2D eigenvalue weighted by atomic mass is 35.5. The fourth-order valence-electron chi connectivity index (χ4n) is 2.71. The van der Waals surface area contributed by atoms with Crippen LogP contribution in [0.15, 0.2) is 47.6 Å². The lowest BCUT2D eigenvalue weighted by molar-refractivity contribution is -0.139. The van der Waals surface area contributed by atoms with Gasteiger partial charge < -0.3 is 4.74 Å². The third kappa shape index (κ3) is 4.17. The quantitative estimate of drug-likeness (QED) is 0.451. The zero-order valence-corrected chi connectivity index (χ0v) is 17.1. The molecule has 7 heteroatoms. The molecule has 0 fully saturated rings. The lowest BCUT2D eigenvalue weighted by atomic mass is 10.1. The topological polar surface area (TPSA) is 57.0 Å². The Balaban J connectivity index is 2.18. The van der Waals surface area contributed by atoms with Gasteiger partial charge in [0.15, 0.2) is 11.0 Å². The number of methoxy groups -OCH3 is 1. The number of carbonyl (C=O) groups excluding carboxylic acids is 1. The SMILES string of the molecule is COC(=O)[C@H](C)Sc1nnc(-c2cccc(Cl)c2)n1-c1cc(C)ccc1C. The smallest absolute Gasteiger partial charge is 0.318 e. The van der Waals surface area contributed by atoms with Gasteiger partial charge in [-0.2, -0.15) is 0 Å². The highest BCUT2D eigenvalue weighted by Gasteiger charge is 2.23. The number of aromatic nitrogens is 3. The Hall–Kier alpha value is -2.31. The van der Waals surface area contributed by atoms with E-state index in [2.05, 4.69) is 28.4 Å². The van der Waals surface area contributed by atoms with Gasteiger partial charge in [0.1, 0.15) is 5.25 Å². The molecule has 0 N–H and O–H groups in total. The lowest BCUT2D eigenvalue weighted by Gasteiger charge is -2.15. The van der Waals surface area contributed by atoms with Crippen molar-refractivity contribution in [1.82, 2.24) is 14.8 Å². The van der Waals surface area contributed by atoms with E-state index in [1.807, 2.05) is 42.7 Å². The number of thioether (sulfide) groups is 1. The van der Waals surface area contributed by atoms with Crippen LogP contribution in [0.4, 0.5) is 0 Å². The summed E-state index contributed by atoms with van der Waals surface area (Å²) in [6.45, 7) is 5.86. The molecule has 0 bridgehead atoms. The van der Waals surface area contributed by atoms with Crippen molar-refractivity contribution in [3.8, 4) is 17.1 Å². The summed E-state index contributed by atoms with van der Waals surface area (Å²) in [4.78, 5) is 11.9. The second-order valence-corrected chi connectivity index (χ2v) is 7.97. The van der Waals surface area contributed by atoms with E-state index in [1.54, 1.807) is 6.92 Å². The van der Waals surface area contributed by atoms with Gasteiger partial charge in [-0.15, -0.1) is 10.2 Å². The molecule has 0 aliphatic carbocycles. The molecule has 0 spiro atoms. The number of ether oxygens (including phenoxy) is 1. The summed E-state index contributed by atoms with van der Waals surface area (Å²) in [6, 6.07) is 13.7.